The van der Waals surface area contributed by atoms with Gasteiger partial charge in [-0.3, -0.25) is 0 Å². The summed E-state index contributed by atoms with van der Waals surface area (Å²) >= 11 is 2.11. The molecule has 9 heavy (non-hydrogen) atoms. The van der Waals surface area contributed by atoms with Crippen LogP contribution in [0.15, 0.2) is 0 Å². The Kier molecular flexibility index (Phi) is 2.10. The molecule has 0 nitrogen and oxygen atoms in total. The SMILES string of the molecule is CC1CSCC(C)(C)C1. The molecule has 1 rings (SSSR count). The highest BCUT2D eigenvalue weighted by Crippen LogP contribution is 2.36. The Morgan fingerprint density at radius 1 is 1.44 bits per heavy atom. The zero-order valence-corrected chi connectivity index (χ0v) is 7.42. The Bertz CT molecular complexity index is 96.7. The smallest absolute Gasteiger partial charge is 0.00159 e. The largest absolute Gasteiger partial charge is 0.161 e. The molecule has 1 saturated heterocycles. The van der Waals surface area contributed by atoms with Crippen LogP contribution in [0.25, 0.3) is 0 Å². The molecule has 1 unspecified atom stereocenters. The van der Waals surface area contributed by atoms with Gasteiger partial charge in [-0.25, -0.2) is 0 Å². The summed E-state index contributed by atoms with van der Waals surface area (Å²) in [6, 6.07) is 0. The Labute approximate surface area is 62.4 Å². The third kappa shape index (κ3) is 2.21. The molecule has 1 aliphatic rings. The summed E-state index contributed by atoms with van der Waals surface area (Å²) in [4.78, 5) is 0. The zero-order valence-electron chi connectivity index (χ0n) is 6.61. The van der Waals surface area contributed by atoms with Crippen molar-refractivity contribution < 1.29 is 0 Å². The van der Waals surface area contributed by atoms with Gasteiger partial charge in [0.15, 0.2) is 0 Å². The highest BCUT2D eigenvalue weighted by atomic mass is 32.2. The van der Waals surface area contributed by atoms with Crippen molar-refractivity contribution in [3.8, 4) is 0 Å². The van der Waals surface area contributed by atoms with Crippen LogP contribution in [-0.2, 0) is 0 Å². The topological polar surface area (TPSA) is 0 Å². The van der Waals surface area contributed by atoms with Gasteiger partial charge in [0.2, 0.25) is 0 Å². The molecule has 1 atom stereocenters. The summed E-state index contributed by atoms with van der Waals surface area (Å²) in [6.07, 6.45) is 1.42. The van der Waals surface area contributed by atoms with Crippen LogP contribution < -0.4 is 0 Å². The van der Waals surface area contributed by atoms with Crippen molar-refractivity contribution >= 4 is 11.8 Å². The minimum Gasteiger partial charge on any atom is -0.161 e. The molecule has 0 saturated carbocycles. The maximum absolute atomic E-state index is 2.37. The summed E-state index contributed by atoms with van der Waals surface area (Å²) in [5, 5.41) is 0. The molecule has 0 aromatic heterocycles. The summed E-state index contributed by atoms with van der Waals surface area (Å²) in [5.41, 5.74) is 0.613. The second-order valence-electron chi connectivity index (χ2n) is 3.99. The lowest BCUT2D eigenvalue weighted by atomic mass is 9.85. The molecule has 54 valence electrons. The fraction of sp³-hybridized carbons (Fsp3) is 1.00. The Hall–Kier alpha value is 0.350. The monoisotopic (exact) mass is 144 g/mol. The van der Waals surface area contributed by atoms with E-state index in [-0.39, 0.29) is 0 Å². The van der Waals surface area contributed by atoms with Gasteiger partial charge in [-0.2, -0.15) is 11.8 Å². The van der Waals surface area contributed by atoms with Gasteiger partial charge in [0.25, 0.3) is 0 Å². The lowest BCUT2D eigenvalue weighted by Gasteiger charge is -2.32. The van der Waals surface area contributed by atoms with E-state index in [1.807, 2.05) is 0 Å². The molecule has 0 bridgehead atoms. The van der Waals surface area contributed by atoms with Gasteiger partial charge in [0, 0.05) is 0 Å². The van der Waals surface area contributed by atoms with Crippen molar-refractivity contribution in [2.24, 2.45) is 11.3 Å². The summed E-state index contributed by atoms with van der Waals surface area (Å²) in [6.45, 7) is 7.10. The van der Waals surface area contributed by atoms with Crippen LogP contribution in [0.3, 0.4) is 0 Å². The maximum Gasteiger partial charge on any atom is -0.00159 e. The predicted octanol–water partition coefficient (Wildman–Crippen LogP) is 2.79. The standard InChI is InChI=1S/C8H16S/c1-7-4-8(2,3)6-9-5-7/h7H,4-6H2,1-3H3. The number of rotatable bonds is 0. The van der Waals surface area contributed by atoms with Crippen LogP contribution in [0, 0.1) is 11.3 Å². The van der Waals surface area contributed by atoms with E-state index in [1.165, 1.54) is 17.9 Å². The van der Waals surface area contributed by atoms with E-state index in [9.17, 15) is 0 Å². The van der Waals surface area contributed by atoms with E-state index in [2.05, 4.69) is 32.5 Å². The minimum atomic E-state index is 0.613. The molecule has 0 spiro atoms. The summed E-state index contributed by atoms with van der Waals surface area (Å²) in [7, 11) is 0. The van der Waals surface area contributed by atoms with E-state index < -0.39 is 0 Å². The molecule has 0 amide bonds. The molecule has 1 fully saturated rings. The number of thioether (sulfide) groups is 1. The van der Waals surface area contributed by atoms with Crippen molar-refractivity contribution in [2.75, 3.05) is 11.5 Å². The molecule has 1 heteroatoms. The van der Waals surface area contributed by atoms with Gasteiger partial charge in [0.05, 0.1) is 0 Å². The van der Waals surface area contributed by atoms with E-state index in [1.54, 1.807) is 0 Å². The summed E-state index contributed by atoms with van der Waals surface area (Å²) < 4.78 is 0. The number of hydrogen-bond donors (Lipinski definition) is 0. The van der Waals surface area contributed by atoms with E-state index in [0.717, 1.165) is 5.92 Å². The third-order valence-corrected chi connectivity index (χ3v) is 3.59. The van der Waals surface area contributed by atoms with Crippen LogP contribution in [0.1, 0.15) is 27.2 Å². The van der Waals surface area contributed by atoms with Crippen molar-refractivity contribution in [1.82, 2.24) is 0 Å². The molecule has 0 aliphatic carbocycles. The molecule has 0 N–H and O–H groups in total. The van der Waals surface area contributed by atoms with Crippen molar-refractivity contribution in [3.63, 3.8) is 0 Å². The number of hydrogen-bond acceptors (Lipinski definition) is 1. The molecule has 1 aliphatic heterocycles. The molecule has 0 radical (unpaired) electrons. The van der Waals surface area contributed by atoms with Gasteiger partial charge >= 0.3 is 0 Å². The molecule has 0 aromatic rings. The summed E-state index contributed by atoms with van der Waals surface area (Å²) in [5.74, 6) is 3.68. The second kappa shape index (κ2) is 2.53. The van der Waals surface area contributed by atoms with Crippen LogP contribution in [0.4, 0.5) is 0 Å². The van der Waals surface area contributed by atoms with E-state index in [0.29, 0.717) is 5.41 Å². The lowest BCUT2D eigenvalue weighted by Crippen LogP contribution is -2.24. The van der Waals surface area contributed by atoms with Gasteiger partial charge in [-0.15, -0.1) is 0 Å². The normalized spacial score (nSPS) is 34.3. The first-order chi connectivity index (χ1) is 4.10. The first-order valence-corrected chi connectivity index (χ1v) is 4.83. The highest BCUT2D eigenvalue weighted by Gasteiger charge is 2.25. The van der Waals surface area contributed by atoms with E-state index >= 15 is 0 Å². The second-order valence-corrected chi connectivity index (χ2v) is 5.02. The first-order valence-electron chi connectivity index (χ1n) is 3.68. The van der Waals surface area contributed by atoms with Gasteiger partial charge < -0.3 is 0 Å². The van der Waals surface area contributed by atoms with Gasteiger partial charge in [0.1, 0.15) is 0 Å². The predicted molar refractivity (Wildman–Crippen MR) is 44.9 cm³/mol. The average molecular weight is 144 g/mol. The lowest BCUT2D eigenvalue weighted by molar-refractivity contribution is 0.319. The Morgan fingerprint density at radius 3 is 2.44 bits per heavy atom. The van der Waals surface area contributed by atoms with Gasteiger partial charge in [-0.1, -0.05) is 20.8 Å². The van der Waals surface area contributed by atoms with Crippen molar-refractivity contribution in [3.05, 3.63) is 0 Å². The quantitative estimate of drug-likeness (QED) is 0.504. The third-order valence-electron chi connectivity index (χ3n) is 1.80. The average Bonchev–Trinajstić information content (AvgIpc) is 1.60. The van der Waals surface area contributed by atoms with E-state index in [4.69, 9.17) is 0 Å². The molecular weight excluding hydrogens is 128 g/mol. The van der Waals surface area contributed by atoms with Crippen LogP contribution in [0.2, 0.25) is 0 Å². The maximum atomic E-state index is 2.37. The first kappa shape index (κ1) is 7.46. The molecule has 0 aromatic carbocycles. The molecule has 1 heterocycles. The van der Waals surface area contributed by atoms with Crippen molar-refractivity contribution in [1.29, 1.82) is 0 Å². The minimum absolute atomic E-state index is 0.613. The fourth-order valence-electron chi connectivity index (χ4n) is 1.60. The van der Waals surface area contributed by atoms with Gasteiger partial charge in [-0.05, 0) is 29.3 Å². The van der Waals surface area contributed by atoms with Crippen LogP contribution in [0.5, 0.6) is 0 Å². The Balaban J connectivity index is 2.41. The van der Waals surface area contributed by atoms with Crippen molar-refractivity contribution in [2.45, 2.75) is 27.2 Å². The van der Waals surface area contributed by atoms with Crippen LogP contribution in [-0.4, -0.2) is 11.5 Å². The fourth-order valence-corrected chi connectivity index (χ4v) is 2.91. The van der Waals surface area contributed by atoms with Crippen LogP contribution >= 0.6 is 11.8 Å². The Morgan fingerprint density at radius 2 is 2.11 bits per heavy atom. The molecular formula is C8H16S. The highest BCUT2D eigenvalue weighted by molar-refractivity contribution is 7.99. The zero-order chi connectivity index (χ0) is 6.91.